The fraction of sp³-hybridized carbons (Fsp3) is 0.545. The molecule has 6 nitrogen and oxygen atoms in total. The molecule has 0 aliphatic carbocycles. The molecule has 1 rings (SSSR count). The van der Waals surface area contributed by atoms with Crippen LogP contribution in [-0.2, 0) is 13.1 Å². The van der Waals surface area contributed by atoms with Crippen molar-refractivity contribution in [2.45, 2.75) is 39.8 Å². The molecular weight excluding hydrogens is 222 g/mol. The number of aromatic nitrogens is 3. The Kier molecular flexibility index (Phi) is 4.10. The first-order valence-corrected chi connectivity index (χ1v) is 5.51. The maximum atomic E-state index is 11.9. The molecule has 1 heterocycles. The van der Waals surface area contributed by atoms with Crippen LogP contribution in [0.5, 0.6) is 0 Å². The molecule has 0 spiro atoms. The molecule has 1 aromatic heterocycles. The average Bonchev–Trinajstić information content (AvgIpc) is 2.31. The van der Waals surface area contributed by atoms with E-state index in [1.807, 2.05) is 19.9 Å². The molecule has 0 aromatic carbocycles. The van der Waals surface area contributed by atoms with Gasteiger partial charge in [-0.2, -0.15) is 4.57 Å². The highest BCUT2D eigenvalue weighted by Crippen LogP contribution is 1.82. The standard InChI is InChI=1S/C11H15N3O3/c1-4-7-13-9(15)12(6-3)10(16)14(8-5-2)11(13)17/h3H,4-5,7-8H2,1-2H3. The second kappa shape index (κ2) is 5.34. The lowest BCUT2D eigenvalue weighted by Gasteiger charge is -2.09. The Morgan fingerprint density at radius 1 is 0.941 bits per heavy atom. The lowest BCUT2D eigenvalue weighted by atomic mass is 10.4. The summed E-state index contributed by atoms with van der Waals surface area (Å²) in [7, 11) is 0. The highest BCUT2D eigenvalue weighted by atomic mass is 16.2. The van der Waals surface area contributed by atoms with E-state index in [0.29, 0.717) is 17.4 Å². The van der Waals surface area contributed by atoms with Crippen LogP contribution in [-0.4, -0.2) is 13.7 Å². The van der Waals surface area contributed by atoms with E-state index in [9.17, 15) is 14.4 Å². The van der Waals surface area contributed by atoms with Gasteiger partial charge in [-0.25, -0.2) is 23.5 Å². The van der Waals surface area contributed by atoms with Crippen molar-refractivity contribution in [1.29, 1.82) is 0 Å². The predicted octanol–water partition coefficient (Wildman–Crippen LogP) is -0.569. The van der Waals surface area contributed by atoms with Crippen molar-refractivity contribution in [3.05, 3.63) is 31.5 Å². The zero-order valence-electron chi connectivity index (χ0n) is 9.97. The molecular formula is C11H15N3O3. The Morgan fingerprint density at radius 3 is 1.65 bits per heavy atom. The van der Waals surface area contributed by atoms with Gasteiger partial charge in [-0.15, -0.1) is 0 Å². The minimum absolute atomic E-state index is 0.253. The Hall–Kier alpha value is -2.03. The molecule has 0 aliphatic rings. The van der Waals surface area contributed by atoms with Crippen LogP contribution in [0, 0.1) is 12.5 Å². The van der Waals surface area contributed by atoms with Gasteiger partial charge in [0.2, 0.25) is 0 Å². The topological polar surface area (TPSA) is 66.0 Å². The Balaban J connectivity index is 3.71. The van der Waals surface area contributed by atoms with Crippen LogP contribution in [0.2, 0.25) is 0 Å². The van der Waals surface area contributed by atoms with Crippen molar-refractivity contribution >= 4 is 0 Å². The van der Waals surface area contributed by atoms with Crippen LogP contribution in [0.4, 0.5) is 0 Å². The molecule has 0 bridgehead atoms. The van der Waals surface area contributed by atoms with Crippen LogP contribution in [0.25, 0.3) is 0 Å². The molecule has 0 atom stereocenters. The van der Waals surface area contributed by atoms with Gasteiger partial charge in [-0.05, 0) is 12.8 Å². The van der Waals surface area contributed by atoms with E-state index < -0.39 is 17.1 Å². The largest absolute Gasteiger partial charge is 0.348 e. The SMILES string of the molecule is C#Cn1c(=O)n(CCC)c(=O)n(CCC)c1=O. The summed E-state index contributed by atoms with van der Waals surface area (Å²) in [6.45, 7) is 4.18. The Labute approximate surface area is 98.1 Å². The molecule has 0 fully saturated rings. The molecule has 17 heavy (non-hydrogen) atoms. The summed E-state index contributed by atoms with van der Waals surface area (Å²) in [5.41, 5.74) is -2.07. The summed E-state index contributed by atoms with van der Waals surface area (Å²) >= 11 is 0. The van der Waals surface area contributed by atoms with Gasteiger partial charge in [0.1, 0.15) is 0 Å². The average molecular weight is 237 g/mol. The van der Waals surface area contributed by atoms with Gasteiger partial charge in [-0.3, -0.25) is 0 Å². The maximum Gasteiger partial charge on any atom is 0.348 e. The van der Waals surface area contributed by atoms with Gasteiger partial charge < -0.3 is 0 Å². The number of hydrogen-bond acceptors (Lipinski definition) is 3. The first-order chi connectivity index (χ1) is 8.08. The van der Waals surface area contributed by atoms with Crippen LogP contribution in [0.3, 0.4) is 0 Å². The third-order valence-electron chi connectivity index (χ3n) is 2.33. The van der Waals surface area contributed by atoms with Crippen molar-refractivity contribution in [1.82, 2.24) is 13.7 Å². The summed E-state index contributed by atoms with van der Waals surface area (Å²) < 4.78 is 2.63. The van der Waals surface area contributed by atoms with Crippen molar-refractivity contribution in [2.24, 2.45) is 0 Å². The first kappa shape index (κ1) is 13.0. The summed E-state index contributed by atoms with van der Waals surface area (Å²) in [6, 6.07) is 2.00. The van der Waals surface area contributed by atoms with E-state index in [1.54, 1.807) is 0 Å². The van der Waals surface area contributed by atoms with Crippen LogP contribution < -0.4 is 17.1 Å². The van der Waals surface area contributed by atoms with Crippen molar-refractivity contribution < 1.29 is 0 Å². The highest BCUT2D eigenvalue weighted by Gasteiger charge is 2.12. The fourth-order valence-electron chi connectivity index (χ4n) is 1.57. The van der Waals surface area contributed by atoms with Crippen molar-refractivity contribution in [3.8, 4) is 12.5 Å². The molecule has 0 unspecified atom stereocenters. The molecule has 6 heteroatoms. The lowest BCUT2D eigenvalue weighted by Crippen LogP contribution is -2.53. The summed E-state index contributed by atoms with van der Waals surface area (Å²) in [6.07, 6.45) is 6.35. The minimum Gasteiger partial charge on any atom is -0.247 e. The minimum atomic E-state index is -0.739. The molecule has 0 radical (unpaired) electrons. The van der Waals surface area contributed by atoms with Crippen molar-refractivity contribution in [3.63, 3.8) is 0 Å². The molecule has 0 amide bonds. The van der Waals surface area contributed by atoms with Gasteiger partial charge in [-0.1, -0.05) is 20.3 Å². The van der Waals surface area contributed by atoms with Gasteiger partial charge in [0, 0.05) is 19.1 Å². The zero-order chi connectivity index (χ0) is 13.0. The van der Waals surface area contributed by atoms with Gasteiger partial charge in [0.15, 0.2) is 0 Å². The molecule has 0 saturated heterocycles. The maximum absolute atomic E-state index is 11.9. The third-order valence-corrected chi connectivity index (χ3v) is 2.33. The van der Waals surface area contributed by atoms with E-state index in [1.165, 1.54) is 0 Å². The number of nitrogens with zero attached hydrogens (tertiary/aromatic N) is 3. The summed E-state index contributed by atoms with van der Waals surface area (Å²) in [5.74, 6) is 0. The molecule has 0 aliphatic heterocycles. The first-order valence-electron chi connectivity index (χ1n) is 5.51. The van der Waals surface area contributed by atoms with Gasteiger partial charge in [0.05, 0.1) is 0 Å². The van der Waals surface area contributed by atoms with E-state index in [2.05, 4.69) is 0 Å². The third kappa shape index (κ3) is 2.23. The van der Waals surface area contributed by atoms with E-state index in [4.69, 9.17) is 6.42 Å². The number of terminal acetylenes is 1. The van der Waals surface area contributed by atoms with Crippen LogP contribution in [0.1, 0.15) is 26.7 Å². The van der Waals surface area contributed by atoms with Crippen LogP contribution in [0.15, 0.2) is 14.4 Å². The molecule has 0 N–H and O–H groups in total. The lowest BCUT2D eigenvalue weighted by molar-refractivity contribution is 0.484. The van der Waals surface area contributed by atoms with Crippen molar-refractivity contribution in [2.75, 3.05) is 0 Å². The summed E-state index contributed by atoms with van der Waals surface area (Å²) in [4.78, 5) is 35.4. The monoisotopic (exact) mass is 237 g/mol. The van der Waals surface area contributed by atoms with E-state index in [0.717, 1.165) is 9.13 Å². The quantitative estimate of drug-likeness (QED) is 0.659. The molecule has 1 aromatic rings. The van der Waals surface area contributed by atoms with E-state index >= 15 is 0 Å². The Morgan fingerprint density at radius 2 is 1.35 bits per heavy atom. The zero-order valence-corrected chi connectivity index (χ0v) is 9.97. The van der Waals surface area contributed by atoms with E-state index in [-0.39, 0.29) is 13.1 Å². The summed E-state index contributed by atoms with van der Waals surface area (Å²) in [5, 5.41) is 0. The fourth-order valence-corrected chi connectivity index (χ4v) is 1.57. The second-order valence-corrected chi connectivity index (χ2v) is 3.62. The second-order valence-electron chi connectivity index (χ2n) is 3.62. The van der Waals surface area contributed by atoms with Gasteiger partial charge in [0.25, 0.3) is 0 Å². The number of hydrogen-bond donors (Lipinski definition) is 0. The smallest absolute Gasteiger partial charge is 0.247 e. The molecule has 0 saturated carbocycles. The highest BCUT2D eigenvalue weighted by molar-refractivity contribution is 4.93. The number of rotatable bonds is 4. The normalized spacial score (nSPS) is 10.2. The van der Waals surface area contributed by atoms with Gasteiger partial charge >= 0.3 is 17.1 Å². The molecule has 92 valence electrons. The van der Waals surface area contributed by atoms with Crippen LogP contribution >= 0.6 is 0 Å². The predicted molar refractivity (Wildman–Crippen MR) is 64.0 cm³/mol. The Bertz CT molecular complexity index is 569.